The molecule has 0 saturated carbocycles. The highest BCUT2D eigenvalue weighted by molar-refractivity contribution is 5.95. The Morgan fingerprint density at radius 1 is 1.32 bits per heavy atom. The highest BCUT2D eigenvalue weighted by Gasteiger charge is 2.34. The summed E-state index contributed by atoms with van der Waals surface area (Å²) in [5.74, 6) is -0.657. The van der Waals surface area contributed by atoms with Gasteiger partial charge < -0.3 is 15.0 Å². The van der Waals surface area contributed by atoms with E-state index in [0.29, 0.717) is 17.1 Å². The lowest BCUT2D eigenvalue weighted by molar-refractivity contribution is -0.144. The minimum Gasteiger partial charge on any atom is -0.465 e. The van der Waals surface area contributed by atoms with Crippen LogP contribution < -0.4 is 10.9 Å². The number of aromatic nitrogens is 3. The van der Waals surface area contributed by atoms with Crippen molar-refractivity contribution in [3.8, 4) is 0 Å². The molecular formula is C20H20N4O4. The number of H-pyrrole nitrogens is 1. The third-order valence-corrected chi connectivity index (χ3v) is 4.91. The fraction of sp³-hybridized carbons (Fsp3) is 0.300. The van der Waals surface area contributed by atoms with Crippen molar-refractivity contribution in [1.29, 1.82) is 0 Å². The number of nitrogens with zero attached hydrogens (tertiary/aromatic N) is 2. The Bertz CT molecular complexity index is 1140. The Morgan fingerprint density at radius 2 is 2.11 bits per heavy atom. The van der Waals surface area contributed by atoms with Crippen molar-refractivity contribution in [3.05, 3.63) is 57.5 Å². The number of benzene rings is 1. The van der Waals surface area contributed by atoms with Gasteiger partial charge in [0.05, 0.1) is 12.3 Å². The first-order valence-electron chi connectivity index (χ1n) is 9.12. The average molecular weight is 380 g/mol. The number of hydrogen-bond acceptors (Lipinski definition) is 5. The molecule has 0 radical (unpaired) electrons. The third kappa shape index (κ3) is 3.06. The van der Waals surface area contributed by atoms with Crippen LogP contribution in [0.4, 0.5) is 5.82 Å². The number of ether oxygens (including phenoxy) is 1. The number of rotatable bonds is 4. The van der Waals surface area contributed by atoms with E-state index in [1.54, 1.807) is 13.8 Å². The lowest BCUT2D eigenvalue weighted by Gasteiger charge is -2.24. The highest BCUT2D eigenvalue weighted by Crippen LogP contribution is 2.38. The Kier molecular flexibility index (Phi) is 4.46. The number of carbonyl (C=O) groups excluding carboxylic acids is 2. The van der Waals surface area contributed by atoms with E-state index in [9.17, 15) is 14.4 Å². The number of anilines is 1. The van der Waals surface area contributed by atoms with Gasteiger partial charge in [0.1, 0.15) is 12.4 Å². The molecule has 2 N–H and O–H groups in total. The minimum atomic E-state index is -0.437. The summed E-state index contributed by atoms with van der Waals surface area (Å²) in [6, 6.07) is 9.32. The molecule has 144 valence electrons. The third-order valence-electron chi connectivity index (χ3n) is 4.91. The van der Waals surface area contributed by atoms with E-state index in [4.69, 9.17) is 4.74 Å². The minimum absolute atomic E-state index is 0.106. The summed E-state index contributed by atoms with van der Waals surface area (Å²) in [7, 11) is 0. The summed E-state index contributed by atoms with van der Waals surface area (Å²) >= 11 is 0. The highest BCUT2D eigenvalue weighted by atomic mass is 16.5. The van der Waals surface area contributed by atoms with Crippen LogP contribution in [-0.4, -0.2) is 33.2 Å². The van der Waals surface area contributed by atoms with Crippen molar-refractivity contribution in [1.82, 2.24) is 14.8 Å². The molecule has 0 fully saturated rings. The van der Waals surface area contributed by atoms with E-state index >= 15 is 0 Å². The summed E-state index contributed by atoms with van der Waals surface area (Å²) in [5.41, 5.74) is 2.43. The number of aromatic amines is 1. The van der Waals surface area contributed by atoms with Gasteiger partial charge in [0.15, 0.2) is 0 Å². The number of aryl methyl sites for hydroxylation is 1. The maximum atomic E-state index is 12.7. The molecule has 0 spiro atoms. The molecule has 3 heterocycles. The molecule has 0 aliphatic carbocycles. The monoisotopic (exact) mass is 380 g/mol. The number of fused-ring (bicyclic) bond motifs is 2. The van der Waals surface area contributed by atoms with E-state index in [0.717, 1.165) is 16.5 Å². The van der Waals surface area contributed by atoms with Gasteiger partial charge >= 0.3 is 5.97 Å². The Labute approximate surface area is 160 Å². The van der Waals surface area contributed by atoms with Crippen LogP contribution in [-0.2, 0) is 20.9 Å². The Hall–Kier alpha value is -3.42. The zero-order valence-electron chi connectivity index (χ0n) is 15.6. The lowest BCUT2D eigenvalue weighted by atomic mass is 9.86. The van der Waals surface area contributed by atoms with Crippen LogP contribution in [0.25, 0.3) is 10.9 Å². The van der Waals surface area contributed by atoms with Crippen molar-refractivity contribution in [3.63, 3.8) is 0 Å². The van der Waals surface area contributed by atoms with E-state index in [1.807, 2.05) is 30.3 Å². The Morgan fingerprint density at radius 3 is 2.89 bits per heavy atom. The smallest absolute Gasteiger partial charge is 0.327 e. The molecule has 4 rings (SSSR count). The first-order valence-corrected chi connectivity index (χ1v) is 9.12. The standard InChI is InChI=1S/C20H20N4O4/c1-3-28-17(26)10-24-19-18(11(2)23-24)13(9-16(25)22-19)14-8-12-6-4-5-7-15(12)21-20(14)27/h4-8,13H,3,9-10H2,1-2H3,(H,21,27)(H,22,25)/t13-/m1/s1. The second kappa shape index (κ2) is 6.95. The van der Waals surface area contributed by atoms with Gasteiger partial charge in [-0.2, -0.15) is 5.10 Å². The number of para-hydroxylation sites is 1. The summed E-state index contributed by atoms with van der Waals surface area (Å²) in [4.78, 5) is 39.9. The molecule has 1 amide bonds. The van der Waals surface area contributed by atoms with Gasteiger partial charge in [0.2, 0.25) is 5.91 Å². The van der Waals surface area contributed by atoms with Crippen LogP contribution in [0.5, 0.6) is 0 Å². The molecule has 28 heavy (non-hydrogen) atoms. The van der Waals surface area contributed by atoms with Crippen LogP contribution in [0.2, 0.25) is 0 Å². The molecule has 0 saturated heterocycles. The molecule has 0 bridgehead atoms. The molecule has 1 aliphatic rings. The van der Waals surface area contributed by atoms with E-state index in [1.165, 1.54) is 4.68 Å². The Balaban J connectivity index is 1.82. The van der Waals surface area contributed by atoms with Crippen molar-refractivity contribution in [2.24, 2.45) is 0 Å². The number of pyridine rings is 1. The molecule has 1 atom stereocenters. The van der Waals surface area contributed by atoms with Gasteiger partial charge in [-0.05, 0) is 31.4 Å². The molecule has 8 nitrogen and oxygen atoms in total. The van der Waals surface area contributed by atoms with Crippen LogP contribution >= 0.6 is 0 Å². The molecule has 2 aromatic heterocycles. The van der Waals surface area contributed by atoms with Gasteiger partial charge in [-0.1, -0.05) is 18.2 Å². The van der Waals surface area contributed by atoms with Gasteiger partial charge in [-0.3, -0.25) is 14.4 Å². The summed E-state index contributed by atoms with van der Waals surface area (Å²) in [5, 5.41) is 8.09. The number of esters is 1. The zero-order chi connectivity index (χ0) is 19.8. The van der Waals surface area contributed by atoms with Gasteiger partial charge in [-0.25, -0.2) is 4.68 Å². The molecule has 0 unspecified atom stereocenters. The predicted octanol–water partition coefficient (Wildman–Crippen LogP) is 2.07. The summed E-state index contributed by atoms with van der Waals surface area (Å²) < 4.78 is 6.42. The molecule has 3 aromatic rings. The summed E-state index contributed by atoms with van der Waals surface area (Å²) in [6.45, 7) is 3.69. The summed E-state index contributed by atoms with van der Waals surface area (Å²) in [6.07, 6.45) is 0.139. The van der Waals surface area contributed by atoms with E-state index < -0.39 is 11.9 Å². The quantitative estimate of drug-likeness (QED) is 0.674. The molecule has 8 heteroatoms. The van der Waals surface area contributed by atoms with Crippen LogP contribution in [0, 0.1) is 6.92 Å². The number of hydrogen-bond donors (Lipinski definition) is 2. The zero-order valence-corrected chi connectivity index (χ0v) is 15.6. The van der Waals surface area contributed by atoms with E-state index in [-0.39, 0.29) is 31.0 Å². The topological polar surface area (TPSA) is 106 Å². The van der Waals surface area contributed by atoms with Crippen molar-refractivity contribution < 1.29 is 14.3 Å². The number of carbonyl (C=O) groups is 2. The number of amides is 1. The maximum absolute atomic E-state index is 12.7. The van der Waals surface area contributed by atoms with Crippen molar-refractivity contribution >= 4 is 28.6 Å². The van der Waals surface area contributed by atoms with Crippen LogP contribution in [0.3, 0.4) is 0 Å². The van der Waals surface area contributed by atoms with Gasteiger partial charge in [-0.15, -0.1) is 0 Å². The second-order valence-corrected chi connectivity index (χ2v) is 6.76. The van der Waals surface area contributed by atoms with Gasteiger partial charge in [0.25, 0.3) is 5.56 Å². The van der Waals surface area contributed by atoms with Crippen molar-refractivity contribution in [2.45, 2.75) is 32.7 Å². The predicted molar refractivity (Wildman–Crippen MR) is 103 cm³/mol. The van der Waals surface area contributed by atoms with Crippen LogP contribution in [0.15, 0.2) is 35.1 Å². The molecule has 1 aromatic carbocycles. The molecule has 1 aliphatic heterocycles. The van der Waals surface area contributed by atoms with E-state index in [2.05, 4.69) is 15.4 Å². The van der Waals surface area contributed by atoms with Crippen LogP contribution in [0.1, 0.15) is 36.1 Å². The average Bonchev–Trinajstić information content (AvgIpc) is 2.96. The SMILES string of the molecule is CCOC(=O)Cn1nc(C)c2c1NC(=O)C[C@@H]2c1cc2ccccc2[nH]c1=O. The number of nitrogens with one attached hydrogen (secondary N) is 2. The normalized spacial score (nSPS) is 15.9. The lowest BCUT2D eigenvalue weighted by Crippen LogP contribution is -2.29. The first kappa shape index (κ1) is 18.0. The fourth-order valence-corrected chi connectivity index (χ4v) is 3.75. The molecular weight excluding hydrogens is 360 g/mol. The van der Waals surface area contributed by atoms with Gasteiger partial charge in [0, 0.05) is 29.0 Å². The largest absolute Gasteiger partial charge is 0.465 e. The second-order valence-electron chi connectivity index (χ2n) is 6.76. The first-order chi connectivity index (χ1) is 13.5. The van der Waals surface area contributed by atoms with Crippen molar-refractivity contribution in [2.75, 3.05) is 11.9 Å². The maximum Gasteiger partial charge on any atom is 0.327 e. The fourth-order valence-electron chi connectivity index (χ4n) is 3.75.